The number of rotatable bonds is 2. The van der Waals surface area contributed by atoms with Crippen molar-refractivity contribution in [3.05, 3.63) is 59.1 Å². The molecule has 1 atom stereocenters. The minimum atomic E-state index is 0.533. The first-order valence-corrected chi connectivity index (χ1v) is 6.80. The summed E-state index contributed by atoms with van der Waals surface area (Å²) in [6, 6.07) is 17.3. The summed E-state index contributed by atoms with van der Waals surface area (Å²) in [4.78, 5) is 0. The molecule has 1 nitrogen and oxygen atoms in total. The molecule has 2 aromatic carbocycles. The van der Waals surface area contributed by atoms with Gasteiger partial charge in [-0.15, -0.1) is 0 Å². The average Bonchev–Trinajstić information content (AvgIpc) is 2.94. The summed E-state index contributed by atoms with van der Waals surface area (Å²) >= 11 is 6.21. The molecule has 0 saturated carbocycles. The molecule has 0 radical (unpaired) electrons. The molecule has 2 heteroatoms. The van der Waals surface area contributed by atoms with E-state index in [1.165, 1.54) is 24.0 Å². The van der Waals surface area contributed by atoms with Gasteiger partial charge in [-0.05, 0) is 36.6 Å². The summed E-state index contributed by atoms with van der Waals surface area (Å²) in [7, 11) is 0. The second kappa shape index (κ2) is 5.13. The number of nitrogens with one attached hydrogen (secondary N) is 1. The zero-order chi connectivity index (χ0) is 12.4. The van der Waals surface area contributed by atoms with Gasteiger partial charge >= 0.3 is 0 Å². The van der Waals surface area contributed by atoms with Crippen LogP contribution in [0.4, 0.5) is 0 Å². The molecular formula is C16H16ClN. The van der Waals surface area contributed by atoms with Crippen molar-refractivity contribution in [2.45, 2.75) is 18.9 Å². The van der Waals surface area contributed by atoms with Crippen molar-refractivity contribution in [2.24, 2.45) is 0 Å². The largest absolute Gasteiger partial charge is 0.310 e. The van der Waals surface area contributed by atoms with E-state index in [1.807, 2.05) is 18.2 Å². The summed E-state index contributed by atoms with van der Waals surface area (Å²) in [6.45, 7) is 1.14. The van der Waals surface area contributed by atoms with Gasteiger partial charge in [0.25, 0.3) is 0 Å². The van der Waals surface area contributed by atoms with Crippen molar-refractivity contribution in [2.75, 3.05) is 6.54 Å². The van der Waals surface area contributed by atoms with Gasteiger partial charge in [0.2, 0.25) is 0 Å². The molecule has 1 N–H and O–H groups in total. The van der Waals surface area contributed by atoms with Crippen LogP contribution in [0.5, 0.6) is 0 Å². The Morgan fingerprint density at radius 1 is 1.00 bits per heavy atom. The highest BCUT2D eigenvalue weighted by Crippen LogP contribution is 2.29. The summed E-state index contributed by atoms with van der Waals surface area (Å²) < 4.78 is 0. The third-order valence-corrected chi connectivity index (χ3v) is 3.89. The molecule has 1 fully saturated rings. The molecule has 92 valence electrons. The number of halogens is 1. The first-order valence-electron chi connectivity index (χ1n) is 6.43. The van der Waals surface area contributed by atoms with Gasteiger partial charge in [-0.25, -0.2) is 0 Å². The van der Waals surface area contributed by atoms with Crippen LogP contribution in [0.1, 0.15) is 24.4 Å². The van der Waals surface area contributed by atoms with Gasteiger partial charge in [-0.3, -0.25) is 0 Å². The Bertz CT molecular complexity index is 527. The summed E-state index contributed by atoms with van der Waals surface area (Å²) in [6.07, 6.45) is 2.52. The van der Waals surface area contributed by atoms with Crippen LogP contribution >= 0.6 is 11.6 Å². The molecule has 1 aliphatic rings. The Labute approximate surface area is 113 Å². The van der Waals surface area contributed by atoms with Crippen molar-refractivity contribution >= 4 is 11.6 Å². The van der Waals surface area contributed by atoms with E-state index in [0.29, 0.717) is 6.04 Å². The van der Waals surface area contributed by atoms with E-state index in [0.717, 1.165) is 17.1 Å². The lowest BCUT2D eigenvalue weighted by molar-refractivity contribution is 0.648. The molecule has 2 aromatic rings. The van der Waals surface area contributed by atoms with Crippen LogP contribution in [0, 0.1) is 0 Å². The summed E-state index contributed by atoms with van der Waals surface area (Å²) in [5.41, 5.74) is 3.66. The predicted molar refractivity (Wildman–Crippen MR) is 76.9 cm³/mol. The standard InChI is InChI=1S/C16H16ClN/c17-15-5-2-1-4-14(15)12-7-9-13(10-8-12)16-6-3-11-18-16/h1-2,4-5,7-10,16,18H,3,6,11H2. The maximum atomic E-state index is 6.21. The number of benzene rings is 2. The van der Waals surface area contributed by atoms with Crippen LogP contribution < -0.4 is 5.32 Å². The second-order valence-corrected chi connectivity index (χ2v) is 5.16. The van der Waals surface area contributed by atoms with Gasteiger partial charge in [0, 0.05) is 16.6 Å². The minimum absolute atomic E-state index is 0.533. The molecule has 1 aliphatic heterocycles. The van der Waals surface area contributed by atoms with Crippen molar-refractivity contribution in [3.8, 4) is 11.1 Å². The average molecular weight is 258 g/mol. The maximum Gasteiger partial charge on any atom is 0.0484 e. The van der Waals surface area contributed by atoms with E-state index in [-0.39, 0.29) is 0 Å². The van der Waals surface area contributed by atoms with E-state index in [2.05, 4.69) is 35.6 Å². The molecule has 1 saturated heterocycles. The molecule has 1 heterocycles. The first-order chi connectivity index (χ1) is 8.84. The highest BCUT2D eigenvalue weighted by atomic mass is 35.5. The summed E-state index contributed by atoms with van der Waals surface area (Å²) in [5, 5.41) is 4.33. The molecule has 0 amide bonds. The number of hydrogen-bond acceptors (Lipinski definition) is 1. The monoisotopic (exact) mass is 257 g/mol. The molecular weight excluding hydrogens is 242 g/mol. The Morgan fingerprint density at radius 2 is 1.78 bits per heavy atom. The zero-order valence-electron chi connectivity index (χ0n) is 10.2. The van der Waals surface area contributed by atoms with Crippen LogP contribution in [-0.4, -0.2) is 6.54 Å². The molecule has 1 unspecified atom stereocenters. The Kier molecular flexibility index (Phi) is 3.35. The molecule has 0 aliphatic carbocycles. The second-order valence-electron chi connectivity index (χ2n) is 4.75. The lowest BCUT2D eigenvalue weighted by Crippen LogP contribution is -2.12. The normalized spacial score (nSPS) is 19.1. The van der Waals surface area contributed by atoms with Crippen molar-refractivity contribution < 1.29 is 0 Å². The fourth-order valence-electron chi connectivity index (χ4n) is 2.56. The quantitative estimate of drug-likeness (QED) is 0.839. The Hall–Kier alpha value is -1.31. The summed E-state index contributed by atoms with van der Waals surface area (Å²) in [5.74, 6) is 0. The smallest absolute Gasteiger partial charge is 0.0484 e. The molecule has 0 bridgehead atoms. The van der Waals surface area contributed by atoms with Gasteiger partial charge < -0.3 is 5.32 Å². The van der Waals surface area contributed by atoms with Gasteiger partial charge in [0.15, 0.2) is 0 Å². The van der Waals surface area contributed by atoms with E-state index in [9.17, 15) is 0 Å². The van der Waals surface area contributed by atoms with Crippen LogP contribution in [0.25, 0.3) is 11.1 Å². The molecule has 0 spiro atoms. The van der Waals surface area contributed by atoms with Crippen molar-refractivity contribution in [1.29, 1.82) is 0 Å². The third kappa shape index (κ3) is 2.29. The van der Waals surface area contributed by atoms with Crippen LogP contribution in [0.15, 0.2) is 48.5 Å². The fourth-order valence-corrected chi connectivity index (χ4v) is 2.80. The van der Waals surface area contributed by atoms with Gasteiger partial charge in [-0.1, -0.05) is 54.1 Å². The van der Waals surface area contributed by atoms with E-state index in [1.54, 1.807) is 0 Å². The van der Waals surface area contributed by atoms with Gasteiger partial charge in [0.05, 0.1) is 0 Å². The fraction of sp³-hybridized carbons (Fsp3) is 0.250. The van der Waals surface area contributed by atoms with E-state index < -0.39 is 0 Å². The zero-order valence-corrected chi connectivity index (χ0v) is 11.0. The molecule has 18 heavy (non-hydrogen) atoms. The third-order valence-electron chi connectivity index (χ3n) is 3.56. The SMILES string of the molecule is Clc1ccccc1-c1ccc(C2CCCN2)cc1. The highest BCUT2D eigenvalue weighted by molar-refractivity contribution is 6.33. The van der Waals surface area contributed by atoms with Crippen LogP contribution in [-0.2, 0) is 0 Å². The van der Waals surface area contributed by atoms with E-state index >= 15 is 0 Å². The van der Waals surface area contributed by atoms with Crippen molar-refractivity contribution in [1.82, 2.24) is 5.32 Å². The molecule has 3 rings (SSSR count). The van der Waals surface area contributed by atoms with Crippen LogP contribution in [0.3, 0.4) is 0 Å². The van der Waals surface area contributed by atoms with Gasteiger partial charge in [0.1, 0.15) is 0 Å². The topological polar surface area (TPSA) is 12.0 Å². The lowest BCUT2D eigenvalue weighted by Gasteiger charge is -2.11. The van der Waals surface area contributed by atoms with Crippen LogP contribution in [0.2, 0.25) is 5.02 Å². The predicted octanol–water partition coefficient (Wildman–Crippen LogP) is 4.43. The Balaban J connectivity index is 1.89. The highest BCUT2D eigenvalue weighted by Gasteiger charge is 2.15. The number of hydrogen-bond donors (Lipinski definition) is 1. The maximum absolute atomic E-state index is 6.21. The minimum Gasteiger partial charge on any atom is -0.310 e. The van der Waals surface area contributed by atoms with E-state index in [4.69, 9.17) is 11.6 Å². The van der Waals surface area contributed by atoms with Gasteiger partial charge in [-0.2, -0.15) is 0 Å². The first kappa shape index (κ1) is 11.8. The lowest BCUT2D eigenvalue weighted by atomic mass is 10.00. The van der Waals surface area contributed by atoms with Crippen molar-refractivity contribution in [3.63, 3.8) is 0 Å². The Morgan fingerprint density at radius 3 is 2.44 bits per heavy atom. The molecule has 0 aromatic heterocycles.